The number of carbonyl (C=O) groups is 1. The van der Waals surface area contributed by atoms with Gasteiger partial charge in [0.2, 0.25) is 0 Å². The van der Waals surface area contributed by atoms with Crippen molar-refractivity contribution in [3.8, 4) is 0 Å². The van der Waals surface area contributed by atoms with Crippen molar-refractivity contribution in [2.45, 2.75) is 19.8 Å². The number of allylic oxidation sites excluding steroid dienone is 1. The van der Waals surface area contributed by atoms with Gasteiger partial charge in [0.25, 0.3) is 0 Å². The SMILES string of the molecule is C=C1C[C@@H](C)[C@H](C(=O)OC)C1. The Labute approximate surface area is 67.2 Å². The van der Waals surface area contributed by atoms with E-state index in [-0.39, 0.29) is 11.9 Å². The normalized spacial score (nSPS) is 30.5. The minimum atomic E-state index is -0.0869. The smallest absolute Gasteiger partial charge is 0.309 e. The van der Waals surface area contributed by atoms with Gasteiger partial charge in [-0.15, -0.1) is 0 Å². The van der Waals surface area contributed by atoms with Crippen LogP contribution in [-0.2, 0) is 9.53 Å². The highest BCUT2D eigenvalue weighted by Gasteiger charge is 2.32. The first-order valence-electron chi connectivity index (χ1n) is 3.89. The lowest BCUT2D eigenvalue weighted by molar-refractivity contribution is -0.146. The summed E-state index contributed by atoms with van der Waals surface area (Å²) in [6.07, 6.45) is 1.79. The number of esters is 1. The zero-order chi connectivity index (χ0) is 8.43. The number of rotatable bonds is 1. The molecule has 2 atom stereocenters. The van der Waals surface area contributed by atoms with E-state index < -0.39 is 0 Å². The average molecular weight is 154 g/mol. The van der Waals surface area contributed by atoms with Crippen molar-refractivity contribution in [3.63, 3.8) is 0 Å². The van der Waals surface area contributed by atoms with E-state index in [1.807, 2.05) is 0 Å². The Hall–Kier alpha value is -0.790. The van der Waals surface area contributed by atoms with Crippen LogP contribution in [0.2, 0.25) is 0 Å². The van der Waals surface area contributed by atoms with Gasteiger partial charge in [-0.3, -0.25) is 4.79 Å². The molecular formula is C9H14O2. The van der Waals surface area contributed by atoms with Crippen molar-refractivity contribution in [2.75, 3.05) is 7.11 Å². The van der Waals surface area contributed by atoms with Gasteiger partial charge < -0.3 is 4.74 Å². The average Bonchev–Trinajstić information content (AvgIpc) is 2.28. The standard InChI is InChI=1S/C9H14O2/c1-6-4-7(2)8(5-6)9(10)11-3/h7-8H,1,4-5H2,2-3H3/t7-,8-/m1/s1. The molecule has 0 aromatic carbocycles. The predicted molar refractivity (Wildman–Crippen MR) is 43.0 cm³/mol. The second-order valence-corrected chi connectivity index (χ2v) is 3.27. The fourth-order valence-corrected chi connectivity index (χ4v) is 1.66. The van der Waals surface area contributed by atoms with Gasteiger partial charge in [-0.1, -0.05) is 19.1 Å². The molecule has 0 radical (unpaired) electrons. The highest BCUT2D eigenvalue weighted by molar-refractivity contribution is 5.73. The highest BCUT2D eigenvalue weighted by Crippen LogP contribution is 2.35. The summed E-state index contributed by atoms with van der Waals surface area (Å²) in [5, 5.41) is 0. The number of methoxy groups -OCH3 is 1. The summed E-state index contributed by atoms with van der Waals surface area (Å²) in [6.45, 7) is 5.93. The maximum absolute atomic E-state index is 11.1. The molecule has 1 rings (SSSR count). The molecule has 2 heteroatoms. The second kappa shape index (κ2) is 3.07. The molecule has 1 aliphatic rings. The van der Waals surface area contributed by atoms with Crippen LogP contribution in [-0.4, -0.2) is 13.1 Å². The quantitative estimate of drug-likeness (QED) is 0.425. The number of hydrogen-bond acceptors (Lipinski definition) is 2. The largest absolute Gasteiger partial charge is 0.469 e. The van der Waals surface area contributed by atoms with E-state index in [1.165, 1.54) is 12.7 Å². The van der Waals surface area contributed by atoms with Crippen LogP contribution in [0, 0.1) is 11.8 Å². The van der Waals surface area contributed by atoms with E-state index >= 15 is 0 Å². The molecule has 2 nitrogen and oxygen atoms in total. The summed E-state index contributed by atoms with van der Waals surface area (Å²) < 4.78 is 4.67. The minimum absolute atomic E-state index is 0.0625. The summed E-state index contributed by atoms with van der Waals surface area (Å²) in [5.74, 6) is 0.388. The third kappa shape index (κ3) is 1.62. The van der Waals surface area contributed by atoms with Crippen molar-refractivity contribution in [2.24, 2.45) is 11.8 Å². The Kier molecular flexibility index (Phi) is 2.32. The molecule has 0 aromatic heterocycles. The Morgan fingerprint density at radius 3 is 2.64 bits per heavy atom. The monoisotopic (exact) mass is 154 g/mol. The molecule has 1 saturated carbocycles. The van der Waals surface area contributed by atoms with Crippen molar-refractivity contribution in [3.05, 3.63) is 12.2 Å². The third-order valence-corrected chi connectivity index (χ3v) is 2.31. The predicted octanol–water partition coefficient (Wildman–Crippen LogP) is 1.76. The molecule has 1 aliphatic carbocycles. The number of ether oxygens (including phenoxy) is 1. The summed E-state index contributed by atoms with van der Waals surface area (Å²) in [6, 6.07) is 0. The van der Waals surface area contributed by atoms with Gasteiger partial charge in [-0.05, 0) is 18.8 Å². The van der Waals surface area contributed by atoms with Crippen molar-refractivity contribution >= 4 is 5.97 Å². The molecule has 0 N–H and O–H groups in total. The molecule has 0 aliphatic heterocycles. The van der Waals surface area contributed by atoms with E-state index in [0.717, 1.165) is 12.8 Å². The first kappa shape index (κ1) is 8.31. The number of hydrogen-bond donors (Lipinski definition) is 0. The zero-order valence-corrected chi connectivity index (χ0v) is 7.09. The van der Waals surface area contributed by atoms with Crippen molar-refractivity contribution < 1.29 is 9.53 Å². The molecule has 11 heavy (non-hydrogen) atoms. The van der Waals surface area contributed by atoms with Crippen LogP contribution in [0.25, 0.3) is 0 Å². The van der Waals surface area contributed by atoms with Crippen molar-refractivity contribution in [1.82, 2.24) is 0 Å². The lowest BCUT2D eigenvalue weighted by Gasteiger charge is -2.10. The summed E-state index contributed by atoms with van der Waals surface area (Å²) in [7, 11) is 1.44. The van der Waals surface area contributed by atoms with E-state index in [1.54, 1.807) is 0 Å². The molecular weight excluding hydrogens is 140 g/mol. The first-order valence-corrected chi connectivity index (χ1v) is 3.89. The number of carbonyl (C=O) groups excluding carboxylic acids is 1. The van der Waals surface area contributed by atoms with Crippen LogP contribution in [0.4, 0.5) is 0 Å². The lowest BCUT2D eigenvalue weighted by Crippen LogP contribution is -2.17. The molecule has 0 saturated heterocycles. The molecule has 0 amide bonds. The maximum atomic E-state index is 11.1. The molecule has 0 spiro atoms. The van der Waals surface area contributed by atoms with Gasteiger partial charge in [0, 0.05) is 0 Å². The summed E-state index contributed by atoms with van der Waals surface area (Å²) >= 11 is 0. The molecule has 1 fully saturated rings. The van der Waals surface area contributed by atoms with Crippen molar-refractivity contribution in [1.29, 1.82) is 0 Å². The lowest BCUT2D eigenvalue weighted by atomic mass is 9.99. The molecule has 0 heterocycles. The van der Waals surface area contributed by atoms with E-state index in [4.69, 9.17) is 0 Å². The first-order chi connectivity index (χ1) is 5.15. The van der Waals surface area contributed by atoms with E-state index in [2.05, 4.69) is 18.2 Å². The van der Waals surface area contributed by atoms with Crippen LogP contribution in [0.15, 0.2) is 12.2 Å². The zero-order valence-electron chi connectivity index (χ0n) is 7.09. The van der Waals surface area contributed by atoms with Gasteiger partial charge >= 0.3 is 5.97 Å². The molecule has 62 valence electrons. The minimum Gasteiger partial charge on any atom is -0.469 e. The van der Waals surface area contributed by atoms with Gasteiger partial charge in [-0.25, -0.2) is 0 Å². The molecule has 0 bridgehead atoms. The van der Waals surface area contributed by atoms with E-state index in [0.29, 0.717) is 5.92 Å². The molecule has 0 aromatic rings. The van der Waals surface area contributed by atoms with Crippen LogP contribution >= 0.6 is 0 Å². The van der Waals surface area contributed by atoms with E-state index in [9.17, 15) is 4.79 Å². The Morgan fingerprint density at radius 1 is 1.64 bits per heavy atom. The summed E-state index contributed by atoms with van der Waals surface area (Å²) in [5.41, 5.74) is 1.17. The fraction of sp³-hybridized carbons (Fsp3) is 0.667. The van der Waals surface area contributed by atoms with Crippen LogP contribution < -0.4 is 0 Å². The Bertz CT molecular complexity index is 184. The third-order valence-electron chi connectivity index (χ3n) is 2.31. The topological polar surface area (TPSA) is 26.3 Å². The molecule has 0 unspecified atom stereocenters. The second-order valence-electron chi connectivity index (χ2n) is 3.27. The maximum Gasteiger partial charge on any atom is 0.309 e. The van der Waals surface area contributed by atoms with Crippen LogP contribution in [0.3, 0.4) is 0 Å². The van der Waals surface area contributed by atoms with Gasteiger partial charge in [0.15, 0.2) is 0 Å². The Balaban J connectivity index is 2.59. The van der Waals surface area contributed by atoms with Crippen LogP contribution in [0.5, 0.6) is 0 Å². The van der Waals surface area contributed by atoms with Gasteiger partial charge in [0.1, 0.15) is 0 Å². The fourth-order valence-electron chi connectivity index (χ4n) is 1.66. The van der Waals surface area contributed by atoms with Crippen LogP contribution in [0.1, 0.15) is 19.8 Å². The summed E-state index contributed by atoms with van der Waals surface area (Å²) in [4.78, 5) is 11.1. The Morgan fingerprint density at radius 2 is 2.27 bits per heavy atom. The highest BCUT2D eigenvalue weighted by atomic mass is 16.5. The van der Waals surface area contributed by atoms with Gasteiger partial charge in [-0.2, -0.15) is 0 Å². The van der Waals surface area contributed by atoms with Gasteiger partial charge in [0.05, 0.1) is 13.0 Å².